The summed E-state index contributed by atoms with van der Waals surface area (Å²) in [5.41, 5.74) is 6.56. The van der Waals surface area contributed by atoms with E-state index in [-0.39, 0.29) is 24.0 Å². The normalized spacial score (nSPS) is 22.3. The zero-order chi connectivity index (χ0) is 13.9. The van der Waals surface area contributed by atoms with Crippen molar-refractivity contribution in [2.45, 2.75) is 71.8 Å². The molecule has 0 aromatic rings. The molecule has 2 aliphatic carbocycles. The molecule has 3 nitrogen and oxygen atoms in total. The first-order valence-corrected chi connectivity index (χ1v) is 8.08. The van der Waals surface area contributed by atoms with E-state index in [2.05, 4.69) is 31.1 Å². The maximum absolute atomic E-state index is 6.00. The molecule has 118 valence electrons. The van der Waals surface area contributed by atoms with Gasteiger partial charge in [-0.1, -0.05) is 26.7 Å². The number of halogens is 1. The van der Waals surface area contributed by atoms with Crippen LogP contribution in [0.15, 0.2) is 4.99 Å². The van der Waals surface area contributed by atoms with Crippen LogP contribution in [0.1, 0.15) is 65.7 Å². The van der Waals surface area contributed by atoms with Gasteiger partial charge in [-0.3, -0.25) is 4.99 Å². The van der Waals surface area contributed by atoms with Gasteiger partial charge in [0, 0.05) is 12.6 Å². The van der Waals surface area contributed by atoms with Crippen molar-refractivity contribution >= 4 is 29.9 Å². The molecule has 1 atom stereocenters. The highest BCUT2D eigenvalue weighted by Crippen LogP contribution is 2.61. The molecular formula is C16H32IN3. The van der Waals surface area contributed by atoms with Gasteiger partial charge in [-0.05, 0) is 56.3 Å². The number of nitrogens with zero attached hydrogens (tertiary/aromatic N) is 1. The van der Waals surface area contributed by atoms with E-state index in [0.717, 1.165) is 18.4 Å². The summed E-state index contributed by atoms with van der Waals surface area (Å²) < 4.78 is 0. The Kier molecular flexibility index (Phi) is 7.09. The monoisotopic (exact) mass is 393 g/mol. The van der Waals surface area contributed by atoms with Crippen molar-refractivity contribution in [3.8, 4) is 0 Å². The number of nitrogens with one attached hydrogen (secondary N) is 1. The van der Waals surface area contributed by atoms with E-state index >= 15 is 0 Å². The number of nitrogens with two attached hydrogens (primary N) is 1. The molecule has 20 heavy (non-hydrogen) atoms. The van der Waals surface area contributed by atoms with E-state index in [0.29, 0.717) is 17.4 Å². The molecule has 0 heterocycles. The summed E-state index contributed by atoms with van der Waals surface area (Å²) in [4.78, 5) is 4.59. The Bertz CT molecular complexity index is 320. The highest BCUT2D eigenvalue weighted by Gasteiger charge is 2.53. The van der Waals surface area contributed by atoms with Gasteiger partial charge in [0.15, 0.2) is 5.96 Å². The molecule has 4 heteroatoms. The summed E-state index contributed by atoms with van der Waals surface area (Å²) in [5, 5.41) is 3.34. The van der Waals surface area contributed by atoms with Crippen molar-refractivity contribution in [3.05, 3.63) is 0 Å². The molecule has 0 aliphatic heterocycles. The number of guanidine groups is 1. The average Bonchev–Trinajstić information content (AvgIpc) is 3.18. The van der Waals surface area contributed by atoms with Crippen LogP contribution in [0, 0.1) is 17.3 Å². The SMILES string of the molecule is CC(C)CCCC(C)NC(N)=NCC1(C2CC2)CC1.I. The second-order valence-electron chi connectivity index (χ2n) is 7.21. The molecule has 2 rings (SSSR count). The molecule has 1 unspecified atom stereocenters. The number of hydrogen-bond acceptors (Lipinski definition) is 1. The van der Waals surface area contributed by atoms with Gasteiger partial charge < -0.3 is 11.1 Å². The second kappa shape index (κ2) is 7.85. The minimum Gasteiger partial charge on any atom is -0.370 e. The zero-order valence-corrected chi connectivity index (χ0v) is 15.7. The molecule has 2 saturated carbocycles. The summed E-state index contributed by atoms with van der Waals surface area (Å²) in [7, 11) is 0. The van der Waals surface area contributed by atoms with Crippen LogP contribution in [-0.4, -0.2) is 18.5 Å². The first-order valence-electron chi connectivity index (χ1n) is 8.08. The third-order valence-electron chi connectivity index (χ3n) is 4.71. The largest absolute Gasteiger partial charge is 0.370 e. The van der Waals surface area contributed by atoms with E-state index in [1.165, 1.54) is 44.9 Å². The van der Waals surface area contributed by atoms with Gasteiger partial charge in [-0.15, -0.1) is 24.0 Å². The third kappa shape index (κ3) is 5.78. The fourth-order valence-corrected chi connectivity index (χ4v) is 3.00. The third-order valence-corrected chi connectivity index (χ3v) is 4.71. The minimum atomic E-state index is 0. The van der Waals surface area contributed by atoms with Crippen LogP contribution < -0.4 is 11.1 Å². The summed E-state index contributed by atoms with van der Waals surface area (Å²) >= 11 is 0. The van der Waals surface area contributed by atoms with Crippen molar-refractivity contribution < 1.29 is 0 Å². The van der Waals surface area contributed by atoms with Crippen molar-refractivity contribution in [2.24, 2.45) is 28.0 Å². The molecule has 0 radical (unpaired) electrons. The van der Waals surface area contributed by atoms with Crippen molar-refractivity contribution in [3.63, 3.8) is 0 Å². The molecule has 0 spiro atoms. The molecule has 0 saturated heterocycles. The standard InChI is InChI=1S/C16H31N3.HI/c1-12(2)5-4-6-13(3)19-15(17)18-11-16(9-10-16)14-7-8-14;/h12-14H,4-11H2,1-3H3,(H3,17,18,19);1H. The van der Waals surface area contributed by atoms with Gasteiger partial charge in [0.1, 0.15) is 0 Å². The Morgan fingerprint density at radius 1 is 1.25 bits per heavy atom. The molecule has 2 fully saturated rings. The van der Waals surface area contributed by atoms with Crippen LogP contribution in [0.5, 0.6) is 0 Å². The fraction of sp³-hybridized carbons (Fsp3) is 0.938. The number of hydrogen-bond donors (Lipinski definition) is 2. The van der Waals surface area contributed by atoms with E-state index in [4.69, 9.17) is 5.73 Å². The second-order valence-corrected chi connectivity index (χ2v) is 7.21. The lowest BCUT2D eigenvalue weighted by Gasteiger charge is -2.16. The Morgan fingerprint density at radius 2 is 1.90 bits per heavy atom. The Balaban J connectivity index is 0.00000200. The first kappa shape index (κ1) is 18.1. The molecular weight excluding hydrogens is 361 g/mol. The molecule has 2 aliphatic rings. The van der Waals surface area contributed by atoms with Gasteiger partial charge in [-0.25, -0.2) is 0 Å². The molecule has 3 N–H and O–H groups in total. The van der Waals surface area contributed by atoms with Crippen molar-refractivity contribution in [2.75, 3.05) is 6.54 Å². The van der Waals surface area contributed by atoms with Crippen molar-refractivity contribution in [1.82, 2.24) is 5.32 Å². The zero-order valence-electron chi connectivity index (χ0n) is 13.3. The van der Waals surface area contributed by atoms with Crippen LogP contribution in [0.3, 0.4) is 0 Å². The molecule has 0 aromatic carbocycles. The van der Waals surface area contributed by atoms with E-state index in [1.807, 2.05) is 0 Å². The Hall–Kier alpha value is 0. The predicted molar refractivity (Wildman–Crippen MR) is 97.6 cm³/mol. The summed E-state index contributed by atoms with van der Waals surface area (Å²) in [6.45, 7) is 7.72. The topological polar surface area (TPSA) is 50.4 Å². The molecule has 0 amide bonds. The summed E-state index contributed by atoms with van der Waals surface area (Å²) in [6.07, 6.45) is 9.35. The minimum absolute atomic E-state index is 0. The lowest BCUT2D eigenvalue weighted by atomic mass is 10.0. The van der Waals surface area contributed by atoms with Gasteiger partial charge in [-0.2, -0.15) is 0 Å². The lowest BCUT2D eigenvalue weighted by Crippen LogP contribution is -2.39. The van der Waals surface area contributed by atoms with Crippen LogP contribution in [0.4, 0.5) is 0 Å². The predicted octanol–water partition coefficient (Wildman–Crippen LogP) is 3.91. The van der Waals surface area contributed by atoms with E-state index in [9.17, 15) is 0 Å². The summed E-state index contributed by atoms with van der Waals surface area (Å²) in [5.74, 6) is 2.42. The molecule has 0 bridgehead atoms. The van der Waals surface area contributed by atoms with E-state index in [1.54, 1.807) is 0 Å². The number of rotatable bonds is 8. The first-order chi connectivity index (χ1) is 9.02. The van der Waals surface area contributed by atoms with Crippen LogP contribution >= 0.6 is 24.0 Å². The van der Waals surface area contributed by atoms with Crippen LogP contribution in [0.2, 0.25) is 0 Å². The fourth-order valence-electron chi connectivity index (χ4n) is 3.00. The van der Waals surface area contributed by atoms with Crippen molar-refractivity contribution in [1.29, 1.82) is 0 Å². The van der Waals surface area contributed by atoms with E-state index < -0.39 is 0 Å². The van der Waals surface area contributed by atoms with Crippen LogP contribution in [-0.2, 0) is 0 Å². The van der Waals surface area contributed by atoms with Gasteiger partial charge >= 0.3 is 0 Å². The Morgan fingerprint density at radius 3 is 2.40 bits per heavy atom. The summed E-state index contributed by atoms with van der Waals surface area (Å²) in [6, 6.07) is 0.443. The highest BCUT2D eigenvalue weighted by atomic mass is 127. The van der Waals surface area contributed by atoms with Gasteiger partial charge in [0.05, 0.1) is 0 Å². The number of aliphatic imine (C=N–C) groups is 1. The molecule has 0 aromatic heterocycles. The smallest absolute Gasteiger partial charge is 0.188 e. The Labute approximate surface area is 141 Å². The van der Waals surface area contributed by atoms with Gasteiger partial charge in [0.2, 0.25) is 0 Å². The van der Waals surface area contributed by atoms with Gasteiger partial charge in [0.25, 0.3) is 0 Å². The lowest BCUT2D eigenvalue weighted by molar-refractivity contribution is 0.451. The average molecular weight is 393 g/mol. The quantitative estimate of drug-likeness (QED) is 0.373. The highest BCUT2D eigenvalue weighted by molar-refractivity contribution is 14.0. The maximum atomic E-state index is 6.00. The maximum Gasteiger partial charge on any atom is 0.188 e. The van der Waals surface area contributed by atoms with Crippen LogP contribution in [0.25, 0.3) is 0 Å².